The second kappa shape index (κ2) is 8.19. The second-order valence-corrected chi connectivity index (χ2v) is 7.58. The molecule has 2 unspecified atom stereocenters. The van der Waals surface area contributed by atoms with Crippen molar-refractivity contribution < 1.29 is 23.5 Å². The van der Waals surface area contributed by atoms with Gasteiger partial charge in [0.15, 0.2) is 5.78 Å². The summed E-state index contributed by atoms with van der Waals surface area (Å²) in [5.41, 5.74) is 1.10. The first kappa shape index (κ1) is 19.4. The van der Waals surface area contributed by atoms with Gasteiger partial charge in [0, 0.05) is 18.0 Å². The van der Waals surface area contributed by atoms with E-state index in [1.54, 1.807) is 4.90 Å². The zero-order valence-corrected chi connectivity index (χ0v) is 16.2. The molecule has 2 aromatic rings. The molecular weight excluding hydrogens is 375 g/mol. The number of carbonyl (C=O) groups excluding carboxylic acids is 2. The molecule has 2 aliphatic rings. The molecule has 0 N–H and O–H groups in total. The van der Waals surface area contributed by atoms with E-state index in [0.29, 0.717) is 12.8 Å². The molecule has 2 bridgehead atoms. The summed E-state index contributed by atoms with van der Waals surface area (Å²) in [5.74, 6) is -0.904. The summed E-state index contributed by atoms with van der Waals surface area (Å²) < 4.78 is 24.3. The van der Waals surface area contributed by atoms with Crippen molar-refractivity contribution in [2.45, 2.75) is 44.4 Å². The van der Waals surface area contributed by atoms with Crippen LogP contribution in [0.5, 0.6) is 5.88 Å². The van der Waals surface area contributed by atoms with Gasteiger partial charge in [-0.1, -0.05) is 30.3 Å². The zero-order chi connectivity index (χ0) is 20.4. The Bertz CT molecular complexity index is 891. The van der Waals surface area contributed by atoms with E-state index in [4.69, 9.17) is 9.47 Å². The molecular formula is C22H23FN2O4. The molecule has 6 nitrogen and oxygen atoms in total. The van der Waals surface area contributed by atoms with E-state index >= 15 is 0 Å². The average Bonchev–Trinajstić information content (AvgIpc) is 3.01. The van der Waals surface area contributed by atoms with Crippen molar-refractivity contribution in [2.24, 2.45) is 5.92 Å². The third kappa shape index (κ3) is 3.95. The molecule has 2 fully saturated rings. The summed E-state index contributed by atoms with van der Waals surface area (Å²) in [4.78, 5) is 31.3. The molecule has 0 saturated carbocycles. The lowest BCUT2D eigenvalue weighted by atomic mass is 9.85. The molecule has 0 spiro atoms. The van der Waals surface area contributed by atoms with Crippen LogP contribution in [-0.4, -0.2) is 41.0 Å². The predicted octanol–water partition coefficient (Wildman–Crippen LogP) is 3.99. The lowest BCUT2D eigenvalue weighted by Gasteiger charge is -2.37. The number of Topliss-reactive ketones (excluding diaryl/α,β-unsaturated/α-hetero) is 1. The second-order valence-electron chi connectivity index (χ2n) is 7.58. The smallest absolute Gasteiger partial charge is 0.410 e. The van der Waals surface area contributed by atoms with Crippen LogP contribution < -0.4 is 4.74 Å². The van der Waals surface area contributed by atoms with Crippen LogP contribution >= 0.6 is 0 Å². The number of ketones is 1. The third-order valence-corrected chi connectivity index (χ3v) is 5.80. The maximum Gasteiger partial charge on any atom is 0.410 e. The molecule has 152 valence electrons. The van der Waals surface area contributed by atoms with Gasteiger partial charge in [0.25, 0.3) is 0 Å². The van der Waals surface area contributed by atoms with Crippen LogP contribution in [0.15, 0.2) is 42.6 Å². The Morgan fingerprint density at radius 2 is 1.86 bits per heavy atom. The van der Waals surface area contributed by atoms with Gasteiger partial charge in [0.2, 0.25) is 5.88 Å². The lowest BCUT2D eigenvalue weighted by Crippen LogP contribution is -2.48. The first-order valence-corrected chi connectivity index (χ1v) is 9.79. The fourth-order valence-electron chi connectivity index (χ4n) is 4.47. The van der Waals surface area contributed by atoms with Crippen LogP contribution in [-0.2, 0) is 11.3 Å². The van der Waals surface area contributed by atoms with Crippen LogP contribution in [0, 0.1) is 11.7 Å². The first-order chi connectivity index (χ1) is 14.1. The summed E-state index contributed by atoms with van der Waals surface area (Å²) in [6.07, 6.45) is 3.45. The number of fused-ring (bicyclic) bond motifs is 2. The van der Waals surface area contributed by atoms with Gasteiger partial charge in [-0.05, 0) is 37.3 Å². The van der Waals surface area contributed by atoms with Crippen molar-refractivity contribution in [1.82, 2.24) is 9.88 Å². The largest absolute Gasteiger partial charge is 0.480 e. The number of hydrogen-bond donors (Lipinski definition) is 0. The van der Waals surface area contributed by atoms with Crippen molar-refractivity contribution in [3.8, 4) is 5.88 Å². The fraction of sp³-hybridized carbons (Fsp3) is 0.409. The minimum atomic E-state index is -0.570. The standard InChI is InChI=1S/C22H23FN2O4/c1-28-21-19(11-16(23)12-24-21)20(26)15-9-17-7-8-18(10-15)25(17)22(27)29-13-14-5-3-2-4-6-14/h2-6,11-12,15,17-18H,7-10,13H2,1H3. The van der Waals surface area contributed by atoms with Crippen LogP contribution in [0.2, 0.25) is 0 Å². The van der Waals surface area contributed by atoms with Crippen molar-refractivity contribution in [3.63, 3.8) is 0 Å². The molecule has 2 aliphatic heterocycles. The van der Waals surface area contributed by atoms with E-state index in [1.165, 1.54) is 13.2 Å². The molecule has 0 radical (unpaired) electrons. The Kier molecular flexibility index (Phi) is 5.47. The molecule has 2 atom stereocenters. The minimum absolute atomic E-state index is 0.0431. The highest BCUT2D eigenvalue weighted by molar-refractivity contribution is 6.00. The number of methoxy groups -OCH3 is 1. The number of pyridine rings is 1. The summed E-state index contributed by atoms with van der Waals surface area (Å²) in [6, 6.07) is 10.6. The molecule has 7 heteroatoms. The van der Waals surface area contributed by atoms with Gasteiger partial charge in [-0.15, -0.1) is 0 Å². The number of carbonyl (C=O) groups is 2. The predicted molar refractivity (Wildman–Crippen MR) is 103 cm³/mol. The quantitative estimate of drug-likeness (QED) is 0.713. The number of halogens is 1. The normalized spacial score (nSPS) is 23.0. The van der Waals surface area contributed by atoms with Crippen molar-refractivity contribution in [1.29, 1.82) is 0 Å². The maximum atomic E-state index is 13.6. The fourth-order valence-corrected chi connectivity index (χ4v) is 4.47. The number of aromatic nitrogens is 1. The monoisotopic (exact) mass is 398 g/mol. The Balaban J connectivity index is 1.43. The van der Waals surface area contributed by atoms with Crippen LogP contribution in [0.25, 0.3) is 0 Å². The summed E-state index contributed by atoms with van der Waals surface area (Å²) in [7, 11) is 1.41. The van der Waals surface area contributed by atoms with Crippen LogP contribution in [0.4, 0.5) is 9.18 Å². The third-order valence-electron chi connectivity index (χ3n) is 5.80. The molecule has 4 rings (SSSR count). The van der Waals surface area contributed by atoms with Gasteiger partial charge in [0.1, 0.15) is 12.4 Å². The van der Waals surface area contributed by atoms with E-state index < -0.39 is 5.82 Å². The molecule has 1 amide bonds. The lowest BCUT2D eigenvalue weighted by molar-refractivity contribution is 0.0483. The first-order valence-electron chi connectivity index (χ1n) is 9.79. The number of ether oxygens (including phenoxy) is 2. The van der Waals surface area contributed by atoms with Gasteiger partial charge < -0.3 is 14.4 Å². The molecule has 0 aliphatic carbocycles. The van der Waals surface area contributed by atoms with Crippen LogP contribution in [0.1, 0.15) is 41.6 Å². The number of amides is 1. The number of rotatable bonds is 5. The van der Waals surface area contributed by atoms with Gasteiger partial charge in [-0.2, -0.15) is 0 Å². The summed E-state index contributed by atoms with van der Waals surface area (Å²) in [6.45, 7) is 0.226. The zero-order valence-electron chi connectivity index (χ0n) is 16.2. The number of hydrogen-bond acceptors (Lipinski definition) is 5. The van der Waals surface area contributed by atoms with E-state index in [9.17, 15) is 14.0 Å². The number of nitrogens with zero attached hydrogens (tertiary/aromatic N) is 2. The topological polar surface area (TPSA) is 68.7 Å². The minimum Gasteiger partial charge on any atom is -0.480 e. The summed E-state index contributed by atoms with van der Waals surface area (Å²) >= 11 is 0. The van der Waals surface area contributed by atoms with Gasteiger partial charge >= 0.3 is 6.09 Å². The average molecular weight is 398 g/mol. The highest BCUT2D eigenvalue weighted by Crippen LogP contribution is 2.41. The van der Waals surface area contributed by atoms with Gasteiger partial charge in [-0.3, -0.25) is 4.79 Å². The van der Waals surface area contributed by atoms with Gasteiger partial charge in [0.05, 0.1) is 18.9 Å². The molecule has 29 heavy (non-hydrogen) atoms. The Morgan fingerprint density at radius 3 is 2.52 bits per heavy atom. The molecule has 1 aromatic carbocycles. The molecule has 3 heterocycles. The highest BCUT2D eigenvalue weighted by atomic mass is 19.1. The highest BCUT2D eigenvalue weighted by Gasteiger charge is 2.46. The summed E-state index contributed by atoms with van der Waals surface area (Å²) in [5, 5.41) is 0. The van der Waals surface area contributed by atoms with Crippen molar-refractivity contribution >= 4 is 11.9 Å². The van der Waals surface area contributed by atoms with E-state index in [-0.39, 0.29) is 47.9 Å². The van der Waals surface area contributed by atoms with Crippen molar-refractivity contribution in [3.05, 3.63) is 59.5 Å². The van der Waals surface area contributed by atoms with E-state index in [1.807, 2.05) is 30.3 Å². The maximum absolute atomic E-state index is 13.6. The molecule has 2 saturated heterocycles. The number of benzene rings is 1. The van der Waals surface area contributed by atoms with Crippen LogP contribution in [0.3, 0.4) is 0 Å². The Labute approximate surface area is 168 Å². The van der Waals surface area contributed by atoms with Gasteiger partial charge in [-0.25, -0.2) is 14.2 Å². The Hall–Kier alpha value is -2.96. The molecule has 1 aromatic heterocycles. The van der Waals surface area contributed by atoms with E-state index in [0.717, 1.165) is 24.6 Å². The number of piperidine rings is 1. The van der Waals surface area contributed by atoms with E-state index in [2.05, 4.69) is 4.98 Å². The Morgan fingerprint density at radius 1 is 1.17 bits per heavy atom. The SMILES string of the molecule is COc1ncc(F)cc1C(=O)C1CC2CCC(C1)N2C(=O)OCc1ccccc1. The van der Waals surface area contributed by atoms with Crippen molar-refractivity contribution in [2.75, 3.05) is 7.11 Å².